The van der Waals surface area contributed by atoms with E-state index < -0.39 is 41.9 Å². The fraction of sp³-hybridized carbons (Fsp3) is 0.758. The molecule has 3 heterocycles. The van der Waals surface area contributed by atoms with E-state index in [9.17, 15) is 20.1 Å². The summed E-state index contributed by atoms with van der Waals surface area (Å²) in [6.07, 6.45) is 0.869. The highest BCUT2D eigenvalue weighted by atomic mass is 32.2. The van der Waals surface area contributed by atoms with Crippen molar-refractivity contribution in [3.8, 4) is 0 Å². The second-order valence-electron chi connectivity index (χ2n) is 13.3. The third-order valence-electron chi connectivity index (χ3n) is 9.05. The maximum Gasteiger partial charge on any atom is 0.290 e. The summed E-state index contributed by atoms with van der Waals surface area (Å²) in [4.78, 5) is 25.5. The molecule has 0 spiro atoms. The van der Waals surface area contributed by atoms with Crippen molar-refractivity contribution in [3.05, 3.63) is 29.8 Å². The molecule has 1 aromatic carbocycles. The predicted octanol–water partition coefficient (Wildman–Crippen LogP) is 2.06. The zero-order valence-electron chi connectivity index (χ0n) is 28.0. The lowest BCUT2D eigenvalue weighted by molar-refractivity contribution is -0.205. The van der Waals surface area contributed by atoms with Gasteiger partial charge in [0.2, 0.25) is 5.91 Å². The number of carboxylic acid groups (broad SMARTS) is 1. The lowest BCUT2D eigenvalue weighted by Gasteiger charge is -2.44. The number of amides is 1. The van der Waals surface area contributed by atoms with Crippen LogP contribution in [-0.4, -0.2) is 131 Å². The highest BCUT2D eigenvalue weighted by molar-refractivity contribution is 8.00. The maximum absolute atomic E-state index is 13.9. The van der Waals surface area contributed by atoms with Crippen LogP contribution in [0.1, 0.15) is 45.6 Å². The third kappa shape index (κ3) is 10.8. The standard InChI is InChI=1S/C32H53N3O6S2.CH2O2/c1-18(2)15-21-12-14-40-29-22(16-21)17-33-25(29)31(39)34-24(30-27(37)26(36)28(38)32(41-30)42-6)19(3)43-23-9-7-20(8-10-23)11-13-35(4)5;2-1-3/h7-10,18-19,21-22,24-30,32-33,36-38H,11-17H2,1-6H3,(H,34,39);1H,(H,2,3)/t19?,21-,22-,24?,25-,26-,27+,28+,29+,30+,32+;/m0./s1. The van der Waals surface area contributed by atoms with Crippen molar-refractivity contribution < 1.29 is 39.5 Å². The molecule has 0 radical (unpaired) electrons. The Bertz CT molecular complexity index is 1070. The SMILES string of the molecule is CS[C@H]1O[C@H](C(NC(=O)[C@H]2NC[C@@H]3C[C@H](CC(C)C)CCO[C@H]32)C(C)Sc2ccc(CCN(C)C)cc2)[C@H](O)[C@H](O)[C@H]1O.O=CO. The molecule has 0 bridgehead atoms. The average molecular weight is 686 g/mol. The molecule has 3 fully saturated rings. The molecule has 2 unspecified atom stereocenters. The minimum Gasteiger partial charge on any atom is -0.483 e. The first-order valence-electron chi connectivity index (χ1n) is 16.3. The van der Waals surface area contributed by atoms with E-state index in [0.29, 0.717) is 18.4 Å². The van der Waals surface area contributed by atoms with Crippen LogP contribution in [0.2, 0.25) is 0 Å². The summed E-state index contributed by atoms with van der Waals surface area (Å²) in [5, 5.41) is 45.6. The zero-order chi connectivity index (χ0) is 34.0. The summed E-state index contributed by atoms with van der Waals surface area (Å²) in [7, 11) is 4.12. The number of hydrogen-bond acceptors (Lipinski definition) is 11. The highest BCUT2D eigenvalue weighted by Gasteiger charge is 2.50. The smallest absolute Gasteiger partial charge is 0.290 e. The molecular formula is C33H55N3O8S2. The number of benzene rings is 1. The normalized spacial score (nSPS) is 32.5. The van der Waals surface area contributed by atoms with Gasteiger partial charge in [0, 0.05) is 29.8 Å². The van der Waals surface area contributed by atoms with Gasteiger partial charge in [-0.05, 0) is 81.5 Å². The number of carbonyl (C=O) groups is 2. The topological polar surface area (TPSA) is 161 Å². The molecule has 3 aliphatic rings. The van der Waals surface area contributed by atoms with E-state index in [1.54, 1.807) is 18.0 Å². The van der Waals surface area contributed by atoms with Gasteiger partial charge in [0.1, 0.15) is 35.9 Å². The van der Waals surface area contributed by atoms with Crippen molar-refractivity contribution in [2.24, 2.45) is 17.8 Å². The molecule has 11 atom stereocenters. The van der Waals surface area contributed by atoms with Gasteiger partial charge < -0.3 is 45.4 Å². The third-order valence-corrected chi connectivity index (χ3v) is 11.1. The van der Waals surface area contributed by atoms with Gasteiger partial charge in [0.25, 0.3) is 6.47 Å². The van der Waals surface area contributed by atoms with Crippen LogP contribution in [0.3, 0.4) is 0 Å². The Balaban J connectivity index is 0.00000185. The van der Waals surface area contributed by atoms with Crippen LogP contribution in [0, 0.1) is 17.8 Å². The Hall–Kier alpha value is -1.42. The molecule has 13 heteroatoms. The van der Waals surface area contributed by atoms with Crippen LogP contribution < -0.4 is 10.6 Å². The van der Waals surface area contributed by atoms with E-state index in [4.69, 9.17) is 19.4 Å². The largest absolute Gasteiger partial charge is 0.483 e. The summed E-state index contributed by atoms with van der Waals surface area (Å²) in [5.74, 6) is 1.31. The molecule has 0 aromatic heterocycles. The van der Waals surface area contributed by atoms with Crippen molar-refractivity contribution >= 4 is 35.9 Å². The number of carbonyl (C=O) groups excluding carboxylic acids is 1. The molecule has 3 aliphatic heterocycles. The van der Waals surface area contributed by atoms with Crippen molar-refractivity contribution in [2.45, 2.75) is 105 Å². The Labute approximate surface area is 282 Å². The lowest BCUT2D eigenvalue weighted by atomic mass is 9.85. The van der Waals surface area contributed by atoms with Crippen molar-refractivity contribution in [2.75, 3.05) is 40.0 Å². The molecular weight excluding hydrogens is 631 g/mol. The monoisotopic (exact) mass is 685 g/mol. The summed E-state index contributed by atoms with van der Waals surface area (Å²) < 4.78 is 12.5. The van der Waals surface area contributed by atoms with Crippen LogP contribution in [0.5, 0.6) is 0 Å². The fourth-order valence-corrected chi connectivity index (χ4v) is 8.50. The number of aliphatic hydroxyl groups excluding tert-OH is 3. The van der Waals surface area contributed by atoms with E-state index in [0.717, 1.165) is 37.2 Å². The van der Waals surface area contributed by atoms with Gasteiger partial charge in [-0.3, -0.25) is 9.59 Å². The molecule has 1 aromatic rings. The zero-order valence-corrected chi connectivity index (χ0v) is 29.6. The first-order chi connectivity index (χ1) is 21.9. The number of aliphatic hydroxyl groups is 3. The quantitative estimate of drug-likeness (QED) is 0.141. The minimum atomic E-state index is -1.39. The molecule has 1 amide bonds. The van der Waals surface area contributed by atoms with Crippen LogP contribution in [0.25, 0.3) is 0 Å². The second kappa shape index (κ2) is 18.9. The molecule has 46 heavy (non-hydrogen) atoms. The Kier molecular flexibility index (Phi) is 16.1. The highest BCUT2D eigenvalue weighted by Crippen LogP contribution is 2.36. The predicted molar refractivity (Wildman–Crippen MR) is 182 cm³/mol. The molecule has 11 nitrogen and oxygen atoms in total. The number of nitrogens with zero attached hydrogens (tertiary/aromatic N) is 1. The van der Waals surface area contributed by atoms with Gasteiger partial charge in [0.15, 0.2) is 0 Å². The number of ether oxygens (including phenoxy) is 2. The van der Waals surface area contributed by atoms with E-state index in [2.05, 4.69) is 67.7 Å². The average Bonchev–Trinajstić information content (AvgIpc) is 3.30. The van der Waals surface area contributed by atoms with E-state index in [1.165, 1.54) is 23.7 Å². The van der Waals surface area contributed by atoms with Gasteiger partial charge >= 0.3 is 0 Å². The Morgan fingerprint density at radius 2 is 1.80 bits per heavy atom. The molecule has 262 valence electrons. The maximum atomic E-state index is 13.9. The summed E-state index contributed by atoms with van der Waals surface area (Å²) in [6.45, 7) is 8.61. The number of fused-ring (bicyclic) bond motifs is 1. The first kappa shape index (κ1) is 39.0. The van der Waals surface area contributed by atoms with E-state index in [-0.39, 0.29) is 29.7 Å². The van der Waals surface area contributed by atoms with Crippen LogP contribution in [0.4, 0.5) is 0 Å². The van der Waals surface area contributed by atoms with Gasteiger partial charge in [-0.1, -0.05) is 32.9 Å². The van der Waals surface area contributed by atoms with Crippen LogP contribution in [0.15, 0.2) is 29.2 Å². The van der Waals surface area contributed by atoms with Gasteiger partial charge in [-0.25, -0.2) is 0 Å². The van der Waals surface area contributed by atoms with E-state index in [1.807, 2.05) is 6.92 Å². The van der Waals surface area contributed by atoms with Crippen LogP contribution >= 0.6 is 23.5 Å². The summed E-state index contributed by atoms with van der Waals surface area (Å²) >= 11 is 2.86. The minimum absolute atomic E-state index is 0.191. The Morgan fingerprint density at radius 1 is 1.13 bits per heavy atom. The van der Waals surface area contributed by atoms with Crippen molar-refractivity contribution in [1.82, 2.24) is 15.5 Å². The summed E-state index contributed by atoms with van der Waals surface area (Å²) in [6, 6.07) is 7.27. The van der Waals surface area contributed by atoms with Crippen molar-refractivity contribution in [1.29, 1.82) is 0 Å². The van der Waals surface area contributed by atoms with Gasteiger partial charge in [-0.2, -0.15) is 0 Å². The number of thioether (sulfide) groups is 2. The second-order valence-corrected chi connectivity index (χ2v) is 15.7. The lowest BCUT2D eigenvalue weighted by Crippen LogP contribution is -2.65. The van der Waals surface area contributed by atoms with Gasteiger partial charge in [-0.15, -0.1) is 23.5 Å². The number of likely N-dealkylation sites (N-methyl/N-ethyl adjacent to an activating group) is 1. The number of hydrogen-bond donors (Lipinski definition) is 6. The van der Waals surface area contributed by atoms with Crippen LogP contribution in [-0.2, 0) is 25.5 Å². The fourth-order valence-electron chi connectivity index (χ4n) is 6.73. The molecule has 6 N–H and O–H groups in total. The van der Waals surface area contributed by atoms with Crippen molar-refractivity contribution in [3.63, 3.8) is 0 Å². The molecule has 3 saturated heterocycles. The number of nitrogens with one attached hydrogen (secondary N) is 2. The Morgan fingerprint density at radius 3 is 2.41 bits per heavy atom. The molecule has 4 rings (SSSR count). The number of rotatable bonds is 12. The summed E-state index contributed by atoms with van der Waals surface area (Å²) in [5.41, 5.74) is 0.524. The molecule has 0 saturated carbocycles. The molecule has 0 aliphatic carbocycles. The van der Waals surface area contributed by atoms with Gasteiger partial charge in [0.05, 0.1) is 12.1 Å². The van der Waals surface area contributed by atoms with E-state index >= 15 is 0 Å². The first-order valence-corrected chi connectivity index (χ1v) is 18.4.